The van der Waals surface area contributed by atoms with Crippen LogP contribution in [0.3, 0.4) is 0 Å². The smallest absolute Gasteiger partial charge is 0.161 e. The highest BCUT2D eigenvalue weighted by molar-refractivity contribution is 6.21. The molecule has 0 aliphatic carbocycles. The van der Waals surface area contributed by atoms with Gasteiger partial charge in [-0.3, -0.25) is 0 Å². The molecule has 0 bridgehead atoms. The highest BCUT2D eigenvalue weighted by Gasteiger charge is 2.26. The van der Waals surface area contributed by atoms with E-state index in [9.17, 15) is 0 Å². The van der Waals surface area contributed by atoms with Crippen molar-refractivity contribution >= 4 is 11.6 Å². The fraction of sp³-hybridized carbons (Fsp3) is 0.600. The van der Waals surface area contributed by atoms with Gasteiger partial charge in [-0.15, -0.1) is 11.6 Å². The molecule has 1 aromatic carbocycles. The van der Waals surface area contributed by atoms with E-state index in [1.165, 1.54) is 0 Å². The van der Waals surface area contributed by atoms with Crippen molar-refractivity contribution in [3.05, 3.63) is 23.8 Å². The molecular formula is C15H19ClO4. The van der Waals surface area contributed by atoms with Crippen molar-refractivity contribution in [1.82, 2.24) is 0 Å². The minimum absolute atomic E-state index is 0.117. The number of benzene rings is 1. The van der Waals surface area contributed by atoms with Crippen LogP contribution < -0.4 is 9.47 Å². The summed E-state index contributed by atoms with van der Waals surface area (Å²) in [6.07, 6.45) is -0.117. The molecule has 2 aliphatic heterocycles. The Kier molecular flexibility index (Phi) is 4.34. The third-order valence-electron chi connectivity index (χ3n) is 3.50. The van der Waals surface area contributed by atoms with E-state index in [1.54, 1.807) is 0 Å². The molecule has 0 spiro atoms. The molecule has 0 radical (unpaired) electrons. The van der Waals surface area contributed by atoms with Gasteiger partial charge in [0.25, 0.3) is 0 Å². The molecule has 20 heavy (non-hydrogen) atoms. The van der Waals surface area contributed by atoms with Crippen LogP contribution in [0.25, 0.3) is 0 Å². The standard InChI is InChI=1S/C15H19ClO4/c1-10-7-19-12-3-2-11(6-13(12)20-8-10)15(16)14-9-17-4-5-18-14/h2-3,6,10,14-15H,4-5,7-9H2,1H3. The summed E-state index contributed by atoms with van der Waals surface area (Å²) in [5.74, 6) is 1.92. The van der Waals surface area contributed by atoms with Crippen molar-refractivity contribution in [1.29, 1.82) is 0 Å². The number of fused-ring (bicyclic) bond motifs is 1. The Morgan fingerprint density at radius 3 is 2.65 bits per heavy atom. The van der Waals surface area contributed by atoms with Gasteiger partial charge in [-0.25, -0.2) is 0 Å². The fourth-order valence-corrected chi connectivity index (χ4v) is 2.61. The Bertz CT molecular complexity index is 459. The Hall–Kier alpha value is -0.970. The first-order valence-electron chi connectivity index (χ1n) is 6.97. The van der Waals surface area contributed by atoms with E-state index in [4.69, 9.17) is 30.5 Å². The van der Waals surface area contributed by atoms with Gasteiger partial charge in [0.05, 0.1) is 38.4 Å². The fourth-order valence-electron chi connectivity index (χ4n) is 2.33. The number of hydrogen-bond acceptors (Lipinski definition) is 4. The van der Waals surface area contributed by atoms with Crippen molar-refractivity contribution < 1.29 is 18.9 Å². The maximum Gasteiger partial charge on any atom is 0.161 e. The third-order valence-corrected chi connectivity index (χ3v) is 4.03. The predicted octanol–water partition coefficient (Wildman–Crippen LogP) is 2.79. The van der Waals surface area contributed by atoms with Gasteiger partial charge in [0.2, 0.25) is 0 Å². The van der Waals surface area contributed by atoms with Gasteiger partial charge in [0.1, 0.15) is 6.10 Å². The summed E-state index contributed by atoms with van der Waals surface area (Å²) in [4.78, 5) is 0. The molecule has 5 heteroatoms. The van der Waals surface area contributed by atoms with Gasteiger partial charge in [0.15, 0.2) is 11.5 Å². The maximum absolute atomic E-state index is 6.50. The van der Waals surface area contributed by atoms with E-state index >= 15 is 0 Å². The van der Waals surface area contributed by atoms with E-state index in [0.717, 1.165) is 17.1 Å². The molecule has 0 saturated carbocycles. The third kappa shape index (κ3) is 3.03. The highest BCUT2D eigenvalue weighted by Crippen LogP contribution is 2.36. The van der Waals surface area contributed by atoms with Gasteiger partial charge in [0, 0.05) is 5.92 Å². The summed E-state index contributed by atoms with van der Waals surface area (Å²) in [5, 5.41) is -0.245. The molecule has 1 saturated heterocycles. The van der Waals surface area contributed by atoms with Crippen molar-refractivity contribution in [2.45, 2.75) is 18.4 Å². The number of halogens is 1. The van der Waals surface area contributed by atoms with Crippen LogP contribution >= 0.6 is 11.6 Å². The second-order valence-electron chi connectivity index (χ2n) is 5.32. The average Bonchev–Trinajstić information content (AvgIpc) is 2.69. The molecule has 2 aliphatic rings. The summed E-state index contributed by atoms with van der Waals surface area (Å²) >= 11 is 6.50. The molecule has 4 nitrogen and oxygen atoms in total. The Labute approximate surface area is 123 Å². The van der Waals surface area contributed by atoms with E-state index in [2.05, 4.69) is 6.92 Å². The minimum Gasteiger partial charge on any atom is -0.489 e. The summed E-state index contributed by atoms with van der Waals surface area (Å²) < 4.78 is 22.6. The lowest BCUT2D eigenvalue weighted by atomic mass is 10.1. The lowest BCUT2D eigenvalue weighted by molar-refractivity contribution is -0.0892. The predicted molar refractivity (Wildman–Crippen MR) is 75.7 cm³/mol. The molecule has 3 unspecified atom stereocenters. The molecule has 3 rings (SSSR count). The highest BCUT2D eigenvalue weighted by atomic mass is 35.5. The van der Waals surface area contributed by atoms with Crippen LogP contribution in [0.4, 0.5) is 0 Å². The van der Waals surface area contributed by atoms with E-state index < -0.39 is 0 Å². The molecule has 0 amide bonds. The lowest BCUT2D eigenvalue weighted by Gasteiger charge is -2.27. The number of rotatable bonds is 2. The van der Waals surface area contributed by atoms with Gasteiger partial charge in [-0.2, -0.15) is 0 Å². The summed E-state index contributed by atoms with van der Waals surface area (Å²) in [6, 6.07) is 5.83. The van der Waals surface area contributed by atoms with E-state index in [-0.39, 0.29) is 11.5 Å². The largest absolute Gasteiger partial charge is 0.489 e. The summed E-state index contributed by atoms with van der Waals surface area (Å²) in [7, 11) is 0. The van der Waals surface area contributed by atoms with Crippen molar-refractivity contribution in [2.75, 3.05) is 33.0 Å². The Morgan fingerprint density at radius 2 is 1.90 bits per heavy atom. The lowest BCUT2D eigenvalue weighted by Crippen LogP contribution is -2.31. The van der Waals surface area contributed by atoms with Crippen LogP contribution in [-0.2, 0) is 9.47 Å². The number of hydrogen-bond donors (Lipinski definition) is 0. The first-order chi connectivity index (χ1) is 9.74. The summed E-state index contributed by atoms with van der Waals surface area (Å²) in [5.41, 5.74) is 0.971. The normalized spacial score (nSPS) is 27.7. The zero-order valence-electron chi connectivity index (χ0n) is 11.5. The van der Waals surface area contributed by atoms with Gasteiger partial charge >= 0.3 is 0 Å². The topological polar surface area (TPSA) is 36.9 Å². The van der Waals surface area contributed by atoms with Crippen molar-refractivity contribution in [3.63, 3.8) is 0 Å². The minimum atomic E-state index is -0.245. The maximum atomic E-state index is 6.50. The van der Waals surface area contributed by atoms with Crippen LogP contribution in [0.1, 0.15) is 17.9 Å². The SMILES string of the molecule is CC1COc2ccc(C(Cl)C3COCCO3)cc2OC1. The average molecular weight is 299 g/mol. The van der Waals surface area contributed by atoms with E-state index in [0.29, 0.717) is 39.0 Å². The Morgan fingerprint density at radius 1 is 1.10 bits per heavy atom. The monoisotopic (exact) mass is 298 g/mol. The summed E-state index contributed by atoms with van der Waals surface area (Å²) in [6.45, 7) is 5.20. The van der Waals surface area contributed by atoms with Gasteiger partial charge in [-0.05, 0) is 17.7 Å². The van der Waals surface area contributed by atoms with Crippen molar-refractivity contribution in [3.8, 4) is 11.5 Å². The van der Waals surface area contributed by atoms with Crippen LogP contribution in [0.2, 0.25) is 0 Å². The second-order valence-corrected chi connectivity index (χ2v) is 5.79. The first-order valence-corrected chi connectivity index (χ1v) is 7.40. The molecule has 0 aromatic heterocycles. The van der Waals surface area contributed by atoms with Crippen molar-refractivity contribution in [2.24, 2.45) is 5.92 Å². The quantitative estimate of drug-likeness (QED) is 0.787. The molecule has 1 fully saturated rings. The van der Waals surface area contributed by atoms with Gasteiger partial charge in [-0.1, -0.05) is 13.0 Å². The molecule has 0 N–H and O–H groups in total. The van der Waals surface area contributed by atoms with Crippen LogP contribution in [0, 0.1) is 5.92 Å². The first kappa shape index (κ1) is 14.0. The molecule has 1 aromatic rings. The van der Waals surface area contributed by atoms with Gasteiger partial charge < -0.3 is 18.9 Å². The van der Waals surface area contributed by atoms with E-state index in [1.807, 2.05) is 18.2 Å². The second kappa shape index (κ2) is 6.20. The zero-order chi connectivity index (χ0) is 13.9. The Balaban J connectivity index is 1.77. The molecule has 110 valence electrons. The molecule has 2 heterocycles. The number of alkyl halides is 1. The number of ether oxygens (including phenoxy) is 4. The zero-order valence-corrected chi connectivity index (χ0v) is 12.3. The molecule has 3 atom stereocenters. The van der Waals surface area contributed by atoms with Crippen LogP contribution in [0.15, 0.2) is 18.2 Å². The van der Waals surface area contributed by atoms with Crippen LogP contribution in [0.5, 0.6) is 11.5 Å². The van der Waals surface area contributed by atoms with Crippen LogP contribution in [-0.4, -0.2) is 39.1 Å². The molecular weight excluding hydrogens is 280 g/mol.